The lowest BCUT2D eigenvalue weighted by atomic mass is 9.73. The molecule has 1 aromatic carbocycles. The van der Waals surface area contributed by atoms with Gasteiger partial charge in [0.15, 0.2) is 0 Å². The topological polar surface area (TPSA) is 96.0 Å². The molecule has 1 saturated carbocycles. The number of likely N-dealkylation sites (N-methyl/N-ethyl adjacent to an activating group) is 1. The summed E-state index contributed by atoms with van der Waals surface area (Å²) < 4.78 is 5.54. The van der Waals surface area contributed by atoms with Crippen LogP contribution in [0, 0.1) is 5.92 Å². The maximum Gasteiger partial charge on any atom is 0.327 e. The van der Waals surface area contributed by atoms with Crippen LogP contribution >= 0.6 is 0 Å². The molecule has 4 amide bonds. The molecule has 8 heteroatoms. The Morgan fingerprint density at radius 1 is 1.19 bits per heavy atom. The quantitative estimate of drug-likeness (QED) is 0.531. The van der Waals surface area contributed by atoms with E-state index < -0.39 is 30.2 Å². The number of hydrogen-bond acceptors (Lipinski definition) is 5. The number of ether oxygens (including phenoxy) is 1. The fourth-order valence-corrected chi connectivity index (χ4v) is 4.53. The Morgan fingerprint density at radius 3 is 2.48 bits per heavy atom. The van der Waals surface area contributed by atoms with Crippen LogP contribution in [0.1, 0.15) is 58.1 Å². The Balaban J connectivity index is 1.76. The van der Waals surface area contributed by atoms with Crippen LogP contribution in [0.3, 0.4) is 0 Å². The maximum absolute atomic E-state index is 13.1. The monoisotopic (exact) mass is 429 g/mol. The van der Waals surface area contributed by atoms with Crippen LogP contribution < -0.4 is 5.32 Å². The molecule has 1 aliphatic heterocycles. The smallest absolute Gasteiger partial charge is 0.327 e. The SMILES string of the molecule is CCN(CC)C(=O)[C@@H](OC(=O)CN1C(=O)N[C@@]2(CCCC[C@@H]2C)C1=O)c1ccccc1. The fraction of sp³-hybridized carbons (Fsp3) is 0.565. The lowest BCUT2D eigenvalue weighted by molar-refractivity contribution is -0.162. The van der Waals surface area contributed by atoms with Gasteiger partial charge in [-0.25, -0.2) is 4.79 Å². The Morgan fingerprint density at radius 2 is 1.87 bits per heavy atom. The molecule has 1 aromatic rings. The lowest BCUT2D eigenvalue weighted by Crippen LogP contribution is -2.54. The van der Waals surface area contributed by atoms with Crippen molar-refractivity contribution in [3.05, 3.63) is 35.9 Å². The van der Waals surface area contributed by atoms with Gasteiger partial charge in [0.2, 0.25) is 6.10 Å². The second-order valence-electron chi connectivity index (χ2n) is 8.23. The van der Waals surface area contributed by atoms with E-state index in [4.69, 9.17) is 4.74 Å². The van der Waals surface area contributed by atoms with Crippen molar-refractivity contribution in [1.82, 2.24) is 15.1 Å². The third-order valence-electron chi connectivity index (χ3n) is 6.44. The van der Waals surface area contributed by atoms with E-state index in [9.17, 15) is 19.2 Å². The van der Waals surface area contributed by atoms with Crippen molar-refractivity contribution < 1.29 is 23.9 Å². The predicted molar refractivity (Wildman–Crippen MR) is 114 cm³/mol. The molecule has 1 saturated heterocycles. The summed E-state index contributed by atoms with van der Waals surface area (Å²) in [5, 5.41) is 2.82. The van der Waals surface area contributed by atoms with Crippen LogP contribution in [0.25, 0.3) is 0 Å². The molecule has 8 nitrogen and oxygen atoms in total. The van der Waals surface area contributed by atoms with Crippen LogP contribution in [0.5, 0.6) is 0 Å². The van der Waals surface area contributed by atoms with Gasteiger partial charge in [-0.2, -0.15) is 0 Å². The number of amides is 4. The first-order valence-corrected chi connectivity index (χ1v) is 11.0. The van der Waals surface area contributed by atoms with Crippen molar-refractivity contribution >= 4 is 23.8 Å². The minimum Gasteiger partial charge on any atom is -0.446 e. The first-order valence-electron chi connectivity index (χ1n) is 11.0. The van der Waals surface area contributed by atoms with Crippen molar-refractivity contribution in [3.63, 3.8) is 0 Å². The van der Waals surface area contributed by atoms with E-state index in [1.165, 1.54) is 0 Å². The number of hydrogen-bond donors (Lipinski definition) is 1. The molecular formula is C23H31N3O5. The zero-order valence-corrected chi connectivity index (χ0v) is 18.4. The van der Waals surface area contributed by atoms with Gasteiger partial charge in [0.25, 0.3) is 11.8 Å². The number of urea groups is 1. The standard InChI is InChI=1S/C23H31N3O5/c1-4-25(5-2)20(28)19(17-12-7-6-8-13-17)31-18(27)15-26-21(29)23(24-22(26)30)14-10-9-11-16(23)3/h6-8,12-13,16,19H,4-5,9-11,14-15H2,1-3H3,(H,24,30)/t16-,19-,23+/m0/s1. The zero-order valence-electron chi connectivity index (χ0n) is 18.4. The number of carbonyl (C=O) groups is 4. The first-order chi connectivity index (χ1) is 14.8. The number of rotatable bonds is 7. The van der Waals surface area contributed by atoms with E-state index in [0.29, 0.717) is 25.1 Å². The summed E-state index contributed by atoms with van der Waals surface area (Å²) >= 11 is 0. The molecule has 2 aliphatic rings. The van der Waals surface area contributed by atoms with Crippen LogP contribution in [0.15, 0.2) is 30.3 Å². The molecule has 31 heavy (non-hydrogen) atoms. The second kappa shape index (κ2) is 9.49. The Bertz CT molecular complexity index is 839. The Kier molecular flexibility index (Phi) is 6.97. The van der Waals surface area contributed by atoms with Crippen molar-refractivity contribution in [3.8, 4) is 0 Å². The summed E-state index contributed by atoms with van der Waals surface area (Å²) in [6, 6.07) is 8.18. The zero-order chi connectivity index (χ0) is 22.6. The van der Waals surface area contributed by atoms with Gasteiger partial charge in [0.1, 0.15) is 12.1 Å². The number of carbonyl (C=O) groups excluding carboxylic acids is 4. The molecule has 2 fully saturated rings. The van der Waals surface area contributed by atoms with Crippen LogP contribution in [0.4, 0.5) is 4.79 Å². The summed E-state index contributed by atoms with van der Waals surface area (Å²) in [5.74, 6) is -1.51. The molecule has 1 spiro atoms. The molecule has 3 atom stereocenters. The van der Waals surface area contributed by atoms with Crippen LogP contribution in [-0.4, -0.2) is 58.8 Å². The first kappa shape index (κ1) is 22.8. The van der Waals surface area contributed by atoms with Gasteiger partial charge in [-0.05, 0) is 32.6 Å². The van der Waals surface area contributed by atoms with E-state index in [1.54, 1.807) is 29.2 Å². The minimum absolute atomic E-state index is 0.0000296. The number of nitrogens with one attached hydrogen (secondary N) is 1. The van der Waals surface area contributed by atoms with Crippen molar-refractivity contribution in [2.24, 2.45) is 5.92 Å². The lowest BCUT2D eigenvalue weighted by Gasteiger charge is -2.36. The van der Waals surface area contributed by atoms with E-state index in [-0.39, 0.29) is 17.7 Å². The highest BCUT2D eigenvalue weighted by molar-refractivity contribution is 6.09. The number of esters is 1. The largest absolute Gasteiger partial charge is 0.446 e. The van der Waals surface area contributed by atoms with Crippen LogP contribution in [-0.2, 0) is 19.1 Å². The summed E-state index contributed by atoms with van der Waals surface area (Å²) in [6.45, 7) is 6.08. The van der Waals surface area contributed by atoms with Crippen LogP contribution in [0.2, 0.25) is 0 Å². The third kappa shape index (κ3) is 4.43. The predicted octanol–water partition coefficient (Wildman–Crippen LogP) is 2.64. The third-order valence-corrected chi connectivity index (χ3v) is 6.44. The number of imide groups is 1. The summed E-state index contributed by atoms with van der Waals surface area (Å²) in [5.41, 5.74) is -0.395. The maximum atomic E-state index is 13.1. The van der Waals surface area contributed by atoms with Gasteiger partial charge in [-0.1, -0.05) is 50.1 Å². The van der Waals surface area contributed by atoms with E-state index in [0.717, 1.165) is 24.2 Å². The molecular weight excluding hydrogens is 398 g/mol. The summed E-state index contributed by atoms with van der Waals surface area (Å²) in [6.07, 6.45) is 2.15. The fourth-order valence-electron chi connectivity index (χ4n) is 4.53. The Hall–Kier alpha value is -2.90. The van der Waals surface area contributed by atoms with E-state index >= 15 is 0 Å². The number of nitrogens with zero attached hydrogens (tertiary/aromatic N) is 2. The van der Waals surface area contributed by atoms with Crippen molar-refractivity contribution in [2.45, 2.75) is 58.1 Å². The molecule has 0 bridgehead atoms. The van der Waals surface area contributed by atoms with Gasteiger partial charge < -0.3 is 15.0 Å². The second-order valence-corrected chi connectivity index (χ2v) is 8.23. The van der Waals surface area contributed by atoms with E-state index in [2.05, 4.69) is 5.32 Å². The number of benzene rings is 1. The van der Waals surface area contributed by atoms with Gasteiger partial charge in [0, 0.05) is 18.7 Å². The average Bonchev–Trinajstić information content (AvgIpc) is 3.00. The molecule has 1 aliphatic carbocycles. The minimum atomic E-state index is -1.13. The summed E-state index contributed by atoms with van der Waals surface area (Å²) in [7, 11) is 0. The molecule has 3 rings (SSSR count). The van der Waals surface area contributed by atoms with Crippen molar-refractivity contribution in [1.29, 1.82) is 0 Å². The molecule has 1 N–H and O–H groups in total. The average molecular weight is 430 g/mol. The normalized spacial score (nSPS) is 24.1. The Labute approximate surface area is 182 Å². The van der Waals surface area contributed by atoms with E-state index in [1.807, 2.05) is 26.8 Å². The van der Waals surface area contributed by atoms with Gasteiger partial charge in [0.05, 0.1) is 0 Å². The highest BCUT2D eigenvalue weighted by atomic mass is 16.5. The van der Waals surface area contributed by atoms with Gasteiger partial charge in [-0.3, -0.25) is 19.3 Å². The molecule has 0 radical (unpaired) electrons. The van der Waals surface area contributed by atoms with Crippen molar-refractivity contribution in [2.75, 3.05) is 19.6 Å². The molecule has 0 aromatic heterocycles. The van der Waals surface area contributed by atoms with Gasteiger partial charge >= 0.3 is 12.0 Å². The molecule has 1 heterocycles. The highest BCUT2D eigenvalue weighted by Crippen LogP contribution is 2.38. The van der Waals surface area contributed by atoms with Gasteiger partial charge in [-0.15, -0.1) is 0 Å². The highest BCUT2D eigenvalue weighted by Gasteiger charge is 2.55. The molecule has 168 valence electrons. The molecule has 0 unspecified atom stereocenters. The summed E-state index contributed by atoms with van der Waals surface area (Å²) in [4.78, 5) is 53.9.